The summed E-state index contributed by atoms with van der Waals surface area (Å²) in [5, 5.41) is 2.55. The molecule has 4 rings (SSSR count). The number of ether oxygens (including phenoxy) is 1. The van der Waals surface area contributed by atoms with Crippen LogP contribution >= 0.6 is 0 Å². The van der Waals surface area contributed by atoms with Crippen molar-refractivity contribution in [3.63, 3.8) is 0 Å². The van der Waals surface area contributed by atoms with E-state index in [1.807, 2.05) is 0 Å². The molecule has 2 aliphatic heterocycles. The van der Waals surface area contributed by atoms with Crippen molar-refractivity contribution in [3.05, 3.63) is 48.0 Å². The van der Waals surface area contributed by atoms with Gasteiger partial charge in [0, 0.05) is 25.1 Å². The standard InChI is InChI=1S/C19H21NO/c1-2-19(20-13-5-6-14-20)12-11-17-16-8-4-3-7-15(16)9-10-18(17)21-19/h3-4,7-12H,2,5-6,13-14H2,1H3. The lowest BCUT2D eigenvalue weighted by atomic mass is 9.97. The fourth-order valence-electron chi connectivity index (χ4n) is 3.65. The fourth-order valence-corrected chi connectivity index (χ4v) is 3.65. The first-order chi connectivity index (χ1) is 10.3. The molecule has 2 heterocycles. The van der Waals surface area contributed by atoms with Crippen LogP contribution < -0.4 is 4.74 Å². The fraction of sp³-hybridized carbons (Fsp3) is 0.368. The van der Waals surface area contributed by atoms with Crippen molar-refractivity contribution in [2.75, 3.05) is 13.1 Å². The Labute approximate surface area is 126 Å². The normalized spacial score (nSPS) is 25.0. The van der Waals surface area contributed by atoms with Crippen LogP contribution in [0.1, 0.15) is 31.7 Å². The minimum atomic E-state index is -0.244. The second-order valence-corrected chi connectivity index (χ2v) is 6.03. The number of fused-ring (bicyclic) bond motifs is 3. The molecule has 21 heavy (non-hydrogen) atoms. The predicted octanol–water partition coefficient (Wildman–Crippen LogP) is 4.45. The SMILES string of the molecule is CCC1(N2CCCC2)C=Cc2c(ccc3ccccc23)O1. The number of benzene rings is 2. The van der Waals surface area contributed by atoms with Gasteiger partial charge in [-0.1, -0.05) is 37.3 Å². The summed E-state index contributed by atoms with van der Waals surface area (Å²) in [6.45, 7) is 4.50. The zero-order chi connectivity index (χ0) is 14.3. The van der Waals surface area contributed by atoms with Gasteiger partial charge in [0.05, 0.1) is 0 Å². The molecule has 108 valence electrons. The Hall–Kier alpha value is -1.80. The van der Waals surface area contributed by atoms with Gasteiger partial charge in [-0.25, -0.2) is 0 Å². The quantitative estimate of drug-likeness (QED) is 0.805. The predicted molar refractivity (Wildman–Crippen MR) is 87.4 cm³/mol. The molecule has 0 N–H and O–H groups in total. The van der Waals surface area contributed by atoms with Crippen LogP contribution in [0.15, 0.2) is 42.5 Å². The Balaban J connectivity index is 1.81. The number of hydrogen-bond acceptors (Lipinski definition) is 2. The summed E-state index contributed by atoms with van der Waals surface area (Å²) in [5.41, 5.74) is 0.975. The molecule has 0 bridgehead atoms. The second-order valence-electron chi connectivity index (χ2n) is 6.03. The largest absolute Gasteiger partial charge is 0.468 e. The third-order valence-electron chi connectivity index (χ3n) is 4.88. The molecule has 1 fully saturated rings. The monoisotopic (exact) mass is 279 g/mol. The lowest BCUT2D eigenvalue weighted by Gasteiger charge is -2.41. The smallest absolute Gasteiger partial charge is 0.182 e. The van der Waals surface area contributed by atoms with Gasteiger partial charge >= 0.3 is 0 Å². The molecule has 0 spiro atoms. The van der Waals surface area contributed by atoms with Crippen LogP contribution in [-0.4, -0.2) is 23.7 Å². The molecule has 2 aliphatic rings. The summed E-state index contributed by atoms with van der Waals surface area (Å²) in [5.74, 6) is 1.02. The molecule has 0 saturated carbocycles. The van der Waals surface area contributed by atoms with Crippen molar-refractivity contribution < 1.29 is 4.74 Å². The van der Waals surface area contributed by atoms with Crippen LogP contribution in [0.4, 0.5) is 0 Å². The highest BCUT2D eigenvalue weighted by atomic mass is 16.5. The third-order valence-corrected chi connectivity index (χ3v) is 4.88. The Morgan fingerprint density at radius 1 is 1.10 bits per heavy atom. The highest BCUT2D eigenvalue weighted by molar-refractivity contribution is 5.93. The van der Waals surface area contributed by atoms with Crippen molar-refractivity contribution in [1.82, 2.24) is 4.90 Å². The maximum Gasteiger partial charge on any atom is 0.182 e. The van der Waals surface area contributed by atoms with Crippen LogP contribution in [0.2, 0.25) is 0 Å². The molecule has 1 unspecified atom stereocenters. The van der Waals surface area contributed by atoms with Gasteiger partial charge in [0.1, 0.15) is 5.75 Å². The molecule has 2 aromatic rings. The molecule has 2 nitrogen and oxygen atoms in total. The minimum Gasteiger partial charge on any atom is -0.468 e. The lowest BCUT2D eigenvalue weighted by Crippen LogP contribution is -2.50. The van der Waals surface area contributed by atoms with Gasteiger partial charge in [0.15, 0.2) is 5.72 Å². The van der Waals surface area contributed by atoms with E-state index < -0.39 is 0 Å². The average molecular weight is 279 g/mol. The van der Waals surface area contributed by atoms with E-state index in [0.717, 1.165) is 25.3 Å². The Morgan fingerprint density at radius 3 is 2.71 bits per heavy atom. The third kappa shape index (κ3) is 1.97. The van der Waals surface area contributed by atoms with E-state index in [2.05, 4.69) is 60.4 Å². The molecule has 0 aromatic heterocycles. The molecule has 1 saturated heterocycles. The highest BCUT2D eigenvalue weighted by Gasteiger charge is 2.38. The number of nitrogens with zero attached hydrogens (tertiary/aromatic N) is 1. The topological polar surface area (TPSA) is 12.5 Å². The number of hydrogen-bond donors (Lipinski definition) is 0. The van der Waals surface area contributed by atoms with Crippen molar-refractivity contribution in [2.45, 2.75) is 31.9 Å². The minimum absolute atomic E-state index is 0.244. The van der Waals surface area contributed by atoms with Crippen LogP contribution in [0.3, 0.4) is 0 Å². The van der Waals surface area contributed by atoms with Crippen LogP contribution in [0.25, 0.3) is 16.8 Å². The summed E-state index contributed by atoms with van der Waals surface area (Å²) in [7, 11) is 0. The first kappa shape index (κ1) is 12.9. The van der Waals surface area contributed by atoms with E-state index in [9.17, 15) is 0 Å². The van der Waals surface area contributed by atoms with Gasteiger partial charge < -0.3 is 4.74 Å². The van der Waals surface area contributed by atoms with E-state index >= 15 is 0 Å². The summed E-state index contributed by atoms with van der Waals surface area (Å²) < 4.78 is 6.50. The summed E-state index contributed by atoms with van der Waals surface area (Å²) in [6.07, 6.45) is 8.08. The first-order valence-electron chi connectivity index (χ1n) is 7.97. The Morgan fingerprint density at radius 2 is 1.90 bits per heavy atom. The lowest BCUT2D eigenvalue weighted by molar-refractivity contribution is -0.0355. The number of rotatable bonds is 2. The first-order valence-corrected chi connectivity index (χ1v) is 7.97. The highest BCUT2D eigenvalue weighted by Crippen LogP contribution is 2.39. The molecule has 0 amide bonds. The van der Waals surface area contributed by atoms with Gasteiger partial charge in [-0.15, -0.1) is 0 Å². The van der Waals surface area contributed by atoms with Crippen LogP contribution in [0, 0.1) is 0 Å². The van der Waals surface area contributed by atoms with Crippen molar-refractivity contribution in [1.29, 1.82) is 0 Å². The van der Waals surface area contributed by atoms with Gasteiger partial charge in [-0.3, -0.25) is 4.90 Å². The maximum atomic E-state index is 6.50. The van der Waals surface area contributed by atoms with Gasteiger partial charge in [0.2, 0.25) is 0 Å². The molecule has 2 heteroatoms. The second kappa shape index (κ2) is 4.88. The van der Waals surface area contributed by atoms with Gasteiger partial charge in [-0.05, 0) is 41.8 Å². The average Bonchev–Trinajstić information content (AvgIpc) is 3.09. The maximum absolute atomic E-state index is 6.50. The summed E-state index contributed by atoms with van der Waals surface area (Å²) in [6, 6.07) is 12.8. The summed E-state index contributed by atoms with van der Waals surface area (Å²) in [4.78, 5) is 2.49. The van der Waals surface area contributed by atoms with Crippen molar-refractivity contribution in [3.8, 4) is 5.75 Å². The van der Waals surface area contributed by atoms with E-state index in [0.29, 0.717) is 0 Å². The van der Waals surface area contributed by atoms with Crippen LogP contribution in [-0.2, 0) is 0 Å². The molecule has 1 atom stereocenters. The molecular weight excluding hydrogens is 258 g/mol. The molecular formula is C19H21NO. The Bertz CT molecular complexity index is 700. The Kier molecular flexibility index (Phi) is 3.00. The van der Waals surface area contributed by atoms with Gasteiger partial charge in [0.25, 0.3) is 0 Å². The number of likely N-dealkylation sites (tertiary alicyclic amines) is 1. The zero-order valence-electron chi connectivity index (χ0n) is 12.5. The van der Waals surface area contributed by atoms with E-state index in [1.165, 1.54) is 29.2 Å². The van der Waals surface area contributed by atoms with Crippen molar-refractivity contribution >= 4 is 16.8 Å². The van der Waals surface area contributed by atoms with Crippen LogP contribution in [0.5, 0.6) is 5.75 Å². The summed E-state index contributed by atoms with van der Waals surface area (Å²) >= 11 is 0. The van der Waals surface area contributed by atoms with E-state index in [-0.39, 0.29) is 5.72 Å². The van der Waals surface area contributed by atoms with Crippen molar-refractivity contribution in [2.24, 2.45) is 0 Å². The zero-order valence-corrected chi connectivity index (χ0v) is 12.5. The van der Waals surface area contributed by atoms with Gasteiger partial charge in [-0.2, -0.15) is 0 Å². The van der Waals surface area contributed by atoms with E-state index in [4.69, 9.17) is 4.74 Å². The molecule has 0 radical (unpaired) electrons. The molecule has 0 aliphatic carbocycles. The van der Waals surface area contributed by atoms with E-state index in [1.54, 1.807) is 0 Å². The molecule has 2 aromatic carbocycles.